The number of carbonyl (C=O) groups is 2. The minimum Gasteiger partial charge on any atom is -0.449 e. The third kappa shape index (κ3) is 4.56. The van der Waals surface area contributed by atoms with Gasteiger partial charge in [0.15, 0.2) is 11.5 Å². The van der Waals surface area contributed by atoms with E-state index in [-0.39, 0.29) is 30.2 Å². The first-order chi connectivity index (χ1) is 14.5. The quantitative estimate of drug-likeness (QED) is 0.766. The highest BCUT2D eigenvalue weighted by molar-refractivity contribution is 6.12. The van der Waals surface area contributed by atoms with E-state index in [0.717, 1.165) is 42.7 Å². The Balaban J connectivity index is 1.55. The molecule has 2 amide bonds. The summed E-state index contributed by atoms with van der Waals surface area (Å²) in [5.41, 5.74) is 2.61. The summed E-state index contributed by atoms with van der Waals surface area (Å²) < 4.78 is 5.90. The van der Waals surface area contributed by atoms with Gasteiger partial charge in [0.1, 0.15) is 6.54 Å². The van der Waals surface area contributed by atoms with Gasteiger partial charge in [0.2, 0.25) is 5.91 Å². The van der Waals surface area contributed by atoms with Crippen LogP contribution in [0.15, 0.2) is 54.3 Å². The number of rotatable bonds is 4. The number of fused-ring (bicyclic) bond motifs is 1. The average molecular weight is 405 g/mol. The highest BCUT2D eigenvalue weighted by atomic mass is 16.5. The van der Waals surface area contributed by atoms with Crippen LogP contribution in [0.5, 0.6) is 5.75 Å². The molecule has 1 aliphatic heterocycles. The SMILES string of the molecule is Cc1cccc(/C=C2/Oc3ccccc3N(CC(=O)NC3CCC(C)CC3)C2=O)c1. The van der Waals surface area contributed by atoms with Crippen LogP contribution in [0.1, 0.15) is 43.7 Å². The van der Waals surface area contributed by atoms with E-state index in [2.05, 4.69) is 12.2 Å². The number of ether oxygens (including phenoxy) is 1. The fraction of sp³-hybridized carbons (Fsp3) is 0.360. The fourth-order valence-corrected chi connectivity index (χ4v) is 4.15. The van der Waals surface area contributed by atoms with Gasteiger partial charge in [-0.15, -0.1) is 0 Å². The van der Waals surface area contributed by atoms with Gasteiger partial charge < -0.3 is 10.1 Å². The number of amides is 2. The highest BCUT2D eigenvalue weighted by Crippen LogP contribution is 2.35. The molecule has 1 aliphatic carbocycles. The molecule has 0 saturated heterocycles. The fourth-order valence-electron chi connectivity index (χ4n) is 4.15. The first-order valence-electron chi connectivity index (χ1n) is 10.7. The number of carbonyl (C=O) groups excluding carboxylic acids is 2. The van der Waals surface area contributed by atoms with Crippen molar-refractivity contribution in [1.82, 2.24) is 5.32 Å². The van der Waals surface area contributed by atoms with Crippen LogP contribution in [-0.2, 0) is 9.59 Å². The number of aryl methyl sites for hydroxylation is 1. The predicted molar refractivity (Wildman–Crippen MR) is 118 cm³/mol. The summed E-state index contributed by atoms with van der Waals surface area (Å²) in [5, 5.41) is 3.12. The molecule has 0 bridgehead atoms. The molecule has 156 valence electrons. The Labute approximate surface area is 177 Å². The van der Waals surface area contributed by atoms with Crippen LogP contribution in [0, 0.1) is 12.8 Å². The van der Waals surface area contributed by atoms with Gasteiger partial charge in [-0.1, -0.05) is 48.9 Å². The molecular weight excluding hydrogens is 376 g/mol. The second-order valence-corrected chi connectivity index (χ2v) is 8.41. The zero-order valence-corrected chi connectivity index (χ0v) is 17.6. The molecule has 2 aliphatic rings. The number of hydrogen-bond acceptors (Lipinski definition) is 3. The largest absolute Gasteiger partial charge is 0.449 e. The molecule has 0 unspecified atom stereocenters. The summed E-state index contributed by atoms with van der Waals surface area (Å²) in [6.45, 7) is 4.24. The van der Waals surface area contributed by atoms with Gasteiger partial charge in [0.25, 0.3) is 5.91 Å². The van der Waals surface area contributed by atoms with E-state index in [1.807, 2.05) is 55.5 Å². The van der Waals surface area contributed by atoms with Crippen LogP contribution < -0.4 is 15.0 Å². The number of para-hydroxylation sites is 2. The topological polar surface area (TPSA) is 58.6 Å². The normalized spacial score (nSPS) is 22.4. The number of hydrogen-bond donors (Lipinski definition) is 1. The van der Waals surface area contributed by atoms with Crippen molar-refractivity contribution in [3.63, 3.8) is 0 Å². The lowest BCUT2D eigenvalue weighted by Crippen LogP contribution is -2.47. The second-order valence-electron chi connectivity index (χ2n) is 8.41. The average Bonchev–Trinajstić information content (AvgIpc) is 2.73. The summed E-state index contributed by atoms with van der Waals surface area (Å²) in [6.07, 6.45) is 6.00. The molecule has 2 aromatic carbocycles. The van der Waals surface area contributed by atoms with Crippen LogP contribution in [0.25, 0.3) is 6.08 Å². The third-order valence-electron chi connectivity index (χ3n) is 5.85. The monoisotopic (exact) mass is 404 g/mol. The standard InChI is InChI=1S/C25H28N2O3/c1-17-10-12-20(13-11-17)26-24(28)16-27-21-8-3-4-9-22(21)30-23(25(27)29)15-19-7-5-6-18(2)14-19/h3-9,14-15,17,20H,10-13,16H2,1-2H3,(H,26,28)/b23-15+. The summed E-state index contributed by atoms with van der Waals surface area (Å²) in [6, 6.07) is 15.4. The Morgan fingerprint density at radius 1 is 1.13 bits per heavy atom. The maximum Gasteiger partial charge on any atom is 0.294 e. The van der Waals surface area contributed by atoms with Crippen molar-refractivity contribution in [3.05, 3.63) is 65.4 Å². The Morgan fingerprint density at radius 3 is 2.67 bits per heavy atom. The minimum absolute atomic E-state index is 0.0174. The maximum absolute atomic E-state index is 13.2. The van der Waals surface area contributed by atoms with Crippen molar-refractivity contribution in [2.24, 2.45) is 5.92 Å². The number of anilines is 1. The first kappa shape index (κ1) is 20.2. The van der Waals surface area contributed by atoms with Crippen LogP contribution >= 0.6 is 0 Å². The van der Waals surface area contributed by atoms with E-state index in [1.165, 1.54) is 4.90 Å². The van der Waals surface area contributed by atoms with Crippen molar-refractivity contribution in [3.8, 4) is 5.75 Å². The van der Waals surface area contributed by atoms with Gasteiger partial charge in [-0.05, 0) is 62.3 Å². The lowest BCUT2D eigenvalue weighted by molar-refractivity contribution is -0.124. The lowest BCUT2D eigenvalue weighted by atomic mass is 9.87. The Morgan fingerprint density at radius 2 is 1.90 bits per heavy atom. The zero-order chi connectivity index (χ0) is 21.1. The molecule has 5 heteroatoms. The molecule has 0 radical (unpaired) electrons. The van der Waals surface area contributed by atoms with E-state index in [1.54, 1.807) is 6.08 Å². The predicted octanol–water partition coefficient (Wildman–Crippen LogP) is 4.46. The van der Waals surface area contributed by atoms with E-state index >= 15 is 0 Å². The second kappa shape index (κ2) is 8.74. The summed E-state index contributed by atoms with van der Waals surface area (Å²) >= 11 is 0. The molecule has 1 heterocycles. The first-order valence-corrected chi connectivity index (χ1v) is 10.7. The molecule has 5 nitrogen and oxygen atoms in total. The Hall–Kier alpha value is -3.08. The molecule has 0 spiro atoms. The van der Waals surface area contributed by atoms with Crippen LogP contribution in [0.3, 0.4) is 0 Å². The molecule has 1 saturated carbocycles. The van der Waals surface area contributed by atoms with Gasteiger partial charge in [-0.3, -0.25) is 14.5 Å². The van der Waals surface area contributed by atoms with E-state index in [0.29, 0.717) is 11.4 Å². The summed E-state index contributed by atoms with van der Waals surface area (Å²) in [4.78, 5) is 27.5. The number of nitrogens with zero attached hydrogens (tertiary/aromatic N) is 1. The lowest BCUT2D eigenvalue weighted by Gasteiger charge is -2.31. The van der Waals surface area contributed by atoms with Crippen LogP contribution in [0.4, 0.5) is 5.69 Å². The van der Waals surface area contributed by atoms with Gasteiger partial charge in [-0.25, -0.2) is 0 Å². The van der Waals surface area contributed by atoms with Crippen LogP contribution in [-0.4, -0.2) is 24.4 Å². The van der Waals surface area contributed by atoms with Gasteiger partial charge in [-0.2, -0.15) is 0 Å². The van der Waals surface area contributed by atoms with Crippen molar-refractivity contribution < 1.29 is 14.3 Å². The molecule has 0 atom stereocenters. The minimum atomic E-state index is -0.303. The van der Waals surface area contributed by atoms with Crippen molar-refractivity contribution in [2.45, 2.75) is 45.6 Å². The van der Waals surface area contributed by atoms with Gasteiger partial charge >= 0.3 is 0 Å². The molecular formula is C25H28N2O3. The molecule has 1 fully saturated rings. The Kier molecular flexibility index (Phi) is 5.88. The van der Waals surface area contributed by atoms with E-state index in [9.17, 15) is 9.59 Å². The van der Waals surface area contributed by atoms with Crippen molar-refractivity contribution in [2.75, 3.05) is 11.4 Å². The van der Waals surface area contributed by atoms with E-state index in [4.69, 9.17) is 4.74 Å². The summed E-state index contributed by atoms with van der Waals surface area (Å²) in [7, 11) is 0. The summed E-state index contributed by atoms with van der Waals surface area (Å²) in [5.74, 6) is 1.09. The number of nitrogens with one attached hydrogen (secondary N) is 1. The van der Waals surface area contributed by atoms with E-state index < -0.39 is 0 Å². The molecule has 1 N–H and O–H groups in total. The van der Waals surface area contributed by atoms with Crippen LogP contribution in [0.2, 0.25) is 0 Å². The number of benzene rings is 2. The van der Waals surface area contributed by atoms with Gasteiger partial charge in [0.05, 0.1) is 5.69 Å². The highest BCUT2D eigenvalue weighted by Gasteiger charge is 2.32. The Bertz CT molecular complexity index is 974. The third-order valence-corrected chi connectivity index (χ3v) is 5.85. The van der Waals surface area contributed by atoms with Gasteiger partial charge in [0, 0.05) is 6.04 Å². The van der Waals surface area contributed by atoms with Crippen molar-refractivity contribution >= 4 is 23.6 Å². The molecule has 4 rings (SSSR count). The van der Waals surface area contributed by atoms with Crippen molar-refractivity contribution in [1.29, 1.82) is 0 Å². The molecule has 0 aromatic heterocycles. The molecule has 30 heavy (non-hydrogen) atoms. The smallest absolute Gasteiger partial charge is 0.294 e. The zero-order valence-electron chi connectivity index (χ0n) is 17.6. The maximum atomic E-state index is 13.2. The molecule has 2 aromatic rings.